The number of halogens is 2. The number of nitrogens with one attached hydrogen (secondary N) is 1. The van der Waals surface area contributed by atoms with Gasteiger partial charge < -0.3 is 0 Å². The Balaban J connectivity index is 1.85. The fourth-order valence-corrected chi connectivity index (χ4v) is 4.34. The van der Waals surface area contributed by atoms with Gasteiger partial charge >= 0.3 is 0 Å². The van der Waals surface area contributed by atoms with Crippen molar-refractivity contribution in [2.75, 3.05) is 10.8 Å². The molecule has 0 heterocycles. The Labute approximate surface area is 178 Å². The van der Waals surface area contributed by atoms with Gasteiger partial charge in [-0.25, -0.2) is 18.2 Å². The fraction of sp³-hybridized carbons (Fsp3) is 0.0476. The van der Waals surface area contributed by atoms with E-state index >= 15 is 0 Å². The third-order valence-electron chi connectivity index (χ3n) is 4.04. The Bertz CT molecular complexity index is 1170. The molecule has 6 nitrogen and oxygen atoms in total. The van der Waals surface area contributed by atoms with E-state index in [9.17, 15) is 17.6 Å². The average Bonchev–Trinajstić information content (AvgIpc) is 2.74. The lowest BCUT2D eigenvalue weighted by atomic mass is 10.2. The first kappa shape index (κ1) is 21.5. The summed E-state index contributed by atoms with van der Waals surface area (Å²) in [5, 5.41) is 3.87. The molecule has 154 valence electrons. The van der Waals surface area contributed by atoms with Crippen LogP contribution in [0.5, 0.6) is 0 Å². The van der Waals surface area contributed by atoms with E-state index in [0.29, 0.717) is 0 Å². The van der Waals surface area contributed by atoms with Crippen LogP contribution in [0.15, 0.2) is 88.9 Å². The zero-order valence-electron chi connectivity index (χ0n) is 15.6. The predicted molar refractivity (Wildman–Crippen MR) is 115 cm³/mol. The van der Waals surface area contributed by atoms with Gasteiger partial charge in [0, 0.05) is 5.56 Å². The minimum absolute atomic E-state index is 0.00702. The summed E-state index contributed by atoms with van der Waals surface area (Å²) in [4.78, 5) is 12.4. The van der Waals surface area contributed by atoms with Crippen LogP contribution in [0.3, 0.4) is 0 Å². The van der Waals surface area contributed by atoms with Gasteiger partial charge in [0.25, 0.3) is 15.9 Å². The standard InChI is InChI=1S/C21H17ClFN3O3S/c22-18-11-5-7-13-20(18)26(30(28,29)17-9-2-1-3-10-17)15-21(27)25-24-14-16-8-4-6-12-19(16)23/h1-14H,15H2,(H,25,27)/b24-14-. The van der Waals surface area contributed by atoms with Gasteiger partial charge in [-0.3, -0.25) is 9.10 Å². The molecule has 0 aromatic heterocycles. The molecule has 0 saturated heterocycles. The van der Waals surface area contributed by atoms with Crippen molar-refractivity contribution in [3.05, 3.63) is 95.3 Å². The van der Waals surface area contributed by atoms with Crippen LogP contribution in [-0.4, -0.2) is 27.1 Å². The Morgan fingerprint density at radius 1 is 1.00 bits per heavy atom. The van der Waals surface area contributed by atoms with Crippen molar-refractivity contribution in [3.8, 4) is 0 Å². The van der Waals surface area contributed by atoms with Gasteiger partial charge in [-0.2, -0.15) is 5.10 Å². The molecule has 1 amide bonds. The van der Waals surface area contributed by atoms with Crippen molar-refractivity contribution in [1.29, 1.82) is 0 Å². The lowest BCUT2D eigenvalue weighted by molar-refractivity contribution is -0.119. The average molecular weight is 446 g/mol. The summed E-state index contributed by atoms with van der Waals surface area (Å²) in [6, 6.07) is 19.9. The van der Waals surface area contributed by atoms with Crippen molar-refractivity contribution in [2.24, 2.45) is 5.10 Å². The highest BCUT2D eigenvalue weighted by Gasteiger charge is 2.28. The normalized spacial score (nSPS) is 11.4. The minimum atomic E-state index is -4.08. The number of nitrogens with zero attached hydrogens (tertiary/aromatic N) is 2. The Morgan fingerprint density at radius 2 is 1.63 bits per heavy atom. The van der Waals surface area contributed by atoms with Gasteiger partial charge in [-0.1, -0.05) is 60.1 Å². The fourth-order valence-electron chi connectivity index (χ4n) is 2.59. The summed E-state index contributed by atoms with van der Waals surface area (Å²) in [6.45, 7) is -0.574. The van der Waals surface area contributed by atoms with Gasteiger partial charge in [0.15, 0.2) is 0 Å². The van der Waals surface area contributed by atoms with E-state index in [-0.39, 0.29) is 21.2 Å². The molecule has 0 bridgehead atoms. The number of benzene rings is 3. The van der Waals surface area contributed by atoms with E-state index in [4.69, 9.17) is 11.6 Å². The number of para-hydroxylation sites is 1. The summed E-state index contributed by atoms with van der Waals surface area (Å²) in [5.74, 6) is -1.22. The number of amides is 1. The zero-order valence-corrected chi connectivity index (χ0v) is 17.1. The van der Waals surface area contributed by atoms with Crippen LogP contribution in [0.2, 0.25) is 5.02 Å². The van der Waals surface area contributed by atoms with Gasteiger partial charge in [0.05, 0.1) is 21.8 Å². The molecule has 0 spiro atoms. The summed E-state index contributed by atoms with van der Waals surface area (Å²) in [5.41, 5.74) is 2.54. The molecule has 0 fully saturated rings. The first-order valence-electron chi connectivity index (χ1n) is 8.78. The first-order chi connectivity index (χ1) is 14.4. The summed E-state index contributed by atoms with van der Waals surface area (Å²) in [6.07, 6.45) is 1.14. The van der Waals surface area contributed by atoms with Crippen molar-refractivity contribution in [2.45, 2.75) is 4.90 Å². The van der Waals surface area contributed by atoms with Gasteiger partial charge in [0.1, 0.15) is 12.4 Å². The summed E-state index contributed by atoms with van der Waals surface area (Å²) < 4.78 is 40.8. The molecule has 0 aliphatic rings. The minimum Gasteiger partial charge on any atom is -0.271 e. The molecule has 30 heavy (non-hydrogen) atoms. The van der Waals surface area contributed by atoms with Gasteiger partial charge in [-0.15, -0.1) is 0 Å². The number of carbonyl (C=O) groups is 1. The number of anilines is 1. The summed E-state index contributed by atoms with van der Waals surface area (Å²) in [7, 11) is -4.08. The molecule has 3 rings (SSSR count). The Kier molecular flexibility index (Phi) is 6.81. The van der Waals surface area contributed by atoms with E-state index in [1.54, 1.807) is 36.4 Å². The zero-order chi connectivity index (χ0) is 21.6. The molecular formula is C21H17ClFN3O3S. The lowest BCUT2D eigenvalue weighted by Crippen LogP contribution is -2.39. The molecule has 0 radical (unpaired) electrons. The number of carbonyl (C=O) groups excluding carboxylic acids is 1. The Hall–Kier alpha value is -3.23. The maximum atomic E-state index is 13.6. The second-order valence-corrected chi connectivity index (χ2v) is 8.36. The highest BCUT2D eigenvalue weighted by Crippen LogP contribution is 2.30. The number of hydrogen-bond acceptors (Lipinski definition) is 4. The third kappa shape index (κ3) is 5.03. The van der Waals surface area contributed by atoms with Crippen molar-refractivity contribution in [1.82, 2.24) is 5.43 Å². The quantitative estimate of drug-likeness (QED) is 0.443. The van der Waals surface area contributed by atoms with Crippen LogP contribution in [0.25, 0.3) is 0 Å². The largest absolute Gasteiger partial charge is 0.271 e. The molecule has 0 unspecified atom stereocenters. The van der Waals surface area contributed by atoms with Crippen LogP contribution in [0, 0.1) is 5.82 Å². The highest BCUT2D eigenvalue weighted by molar-refractivity contribution is 7.92. The van der Waals surface area contributed by atoms with E-state index in [1.807, 2.05) is 0 Å². The maximum Gasteiger partial charge on any atom is 0.264 e. The second kappa shape index (κ2) is 9.51. The highest BCUT2D eigenvalue weighted by atomic mass is 35.5. The molecule has 0 atom stereocenters. The van der Waals surface area contributed by atoms with Crippen LogP contribution in [0.4, 0.5) is 10.1 Å². The monoisotopic (exact) mass is 445 g/mol. The van der Waals surface area contributed by atoms with E-state index in [2.05, 4.69) is 10.5 Å². The van der Waals surface area contributed by atoms with Crippen LogP contribution >= 0.6 is 11.6 Å². The molecule has 9 heteroatoms. The van der Waals surface area contributed by atoms with Crippen LogP contribution in [0.1, 0.15) is 5.56 Å². The summed E-state index contributed by atoms with van der Waals surface area (Å²) >= 11 is 6.19. The van der Waals surface area contributed by atoms with Crippen molar-refractivity contribution in [3.63, 3.8) is 0 Å². The molecule has 3 aromatic carbocycles. The van der Waals surface area contributed by atoms with E-state index in [1.165, 1.54) is 42.5 Å². The SMILES string of the molecule is O=C(CN(c1ccccc1Cl)S(=O)(=O)c1ccccc1)N/N=C\c1ccccc1F. The number of rotatable bonds is 7. The molecule has 0 aliphatic heterocycles. The molecular weight excluding hydrogens is 429 g/mol. The molecule has 0 saturated carbocycles. The van der Waals surface area contributed by atoms with Crippen molar-refractivity contribution < 1.29 is 17.6 Å². The first-order valence-corrected chi connectivity index (χ1v) is 10.6. The van der Waals surface area contributed by atoms with E-state index in [0.717, 1.165) is 10.5 Å². The lowest BCUT2D eigenvalue weighted by Gasteiger charge is -2.24. The molecule has 1 N–H and O–H groups in total. The van der Waals surface area contributed by atoms with Gasteiger partial charge in [-0.05, 0) is 30.3 Å². The topological polar surface area (TPSA) is 78.8 Å². The van der Waals surface area contributed by atoms with Gasteiger partial charge in [0.2, 0.25) is 0 Å². The maximum absolute atomic E-state index is 13.6. The predicted octanol–water partition coefficient (Wildman–Crippen LogP) is 3.82. The Morgan fingerprint density at radius 3 is 2.33 bits per heavy atom. The molecule has 3 aromatic rings. The number of sulfonamides is 1. The number of hydrazone groups is 1. The molecule has 0 aliphatic carbocycles. The third-order valence-corrected chi connectivity index (χ3v) is 6.13. The number of hydrogen-bond donors (Lipinski definition) is 1. The van der Waals surface area contributed by atoms with Crippen LogP contribution < -0.4 is 9.73 Å². The van der Waals surface area contributed by atoms with E-state index < -0.39 is 28.3 Å². The second-order valence-electron chi connectivity index (χ2n) is 6.09. The smallest absolute Gasteiger partial charge is 0.264 e. The van der Waals surface area contributed by atoms with Crippen LogP contribution in [-0.2, 0) is 14.8 Å². The van der Waals surface area contributed by atoms with Crippen molar-refractivity contribution >= 4 is 39.4 Å².